The predicted molar refractivity (Wildman–Crippen MR) is 73.4 cm³/mol. The molecule has 1 aliphatic rings. The van der Waals surface area contributed by atoms with Gasteiger partial charge in [0.05, 0.1) is 11.8 Å². The van der Waals surface area contributed by atoms with Crippen molar-refractivity contribution in [3.8, 4) is 6.07 Å². The van der Waals surface area contributed by atoms with E-state index in [1.165, 1.54) is 32.1 Å². The van der Waals surface area contributed by atoms with Gasteiger partial charge in [0.1, 0.15) is 5.92 Å². The number of nitrogens with zero attached hydrogens (tertiary/aromatic N) is 2. The number of pyridine rings is 1. The van der Waals surface area contributed by atoms with E-state index in [0.29, 0.717) is 18.0 Å². The Morgan fingerprint density at radius 2 is 2.16 bits per heavy atom. The molecule has 1 fully saturated rings. The molecule has 0 bridgehead atoms. The van der Waals surface area contributed by atoms with E-state index in [-0.39, 0.29) is 5.78 Å². The van der Waals surface area contributed by atoms with Gasteiger partial charge >= 0.3 is 0 Å². The Morgan fingerprint density at radius 1 is 1.37 bits per heavy atom. The van der Waals surface area contributed by atoms with Gasteiger partial charge in [-0.3, -0.25) is 9.78 Å². The molecule has 2 rings (SSSR count). The number of aromatic nitrogens is 1. The average Bonchev–Trinajstić information content (AvgIpc) is 2.48. The van der Waals surface area contributed by atoms with E-state index in [1.54, 1.807) is 18.3 Å². The normalized spacial score (nSPS) is 17.6. The van der Waals surface area contributed by atoms with Gasteiger partial charge in [0.25, 0.3) is 0 Å². The zero-order chi connectivity index (χ0) is 13.5. The summed E-state index contributed by atoms with van der Waals surface area (Å²) in [4.78, 5) is 16.3. The van der Waals surface area contributed by atoms with E-state index in [1.807, 2.05) is 6.07 Å². The summed E-state index contributed by atoms with van der Waals surface area (Å²) in [5.41, 5.74) is 0.582. The van der Waals surface area contributed by atoms with Gasteiger partial charge in [0.15, 0.2) is 5.78 Å². The SMILES string of the molecule is N#CC(C(=O)CCC1CCCCC1)c1ccccn1. The van der Waals surface area contributed by atoms with Crippen molar-refractivity contribution >= 4 is 5.78 Å². The smallest absolute Gasteiger partial charge is 0.156 e. The van der Waals surface area contributed by atoms with E-state index < -0.39 is 5.92 Å². The molecule has 3 nitrogen and oxygen atoms in total. The quantitative estimate of drug-likeness (QED) is 0.808. The second kappa shape index (κ2) is 7.04. The highest BCUT2D eigenvalue weighted by molar-refractivity contribution is 5.87. The van der Waals surface area contributed by atoms with Crippen molar-refractivity contribution in [2.75, 3.05) is 0 Å². The molecule has 1 saturated carbocycles. The maximum atomic E-state index is 12.2. The summed E-state index contributed by atoms with van der Waals surface area (Å²) in [5.74, 6) is 0.0114. The second-order valence-corrected chi connectivity index (χ2v) is 5.33. The molecule has 0 N–H and O–H groups in total. The summed E-state index contributed by atoms with van der Waals surface area (Å²) in [6.07, 6.45) is 9.49. The third-order valence-electron chi connectivity index (χ3n) is 3.96. The molecule has 1 aromatic rings. The monoisotopic (exact) mass is 256 g/mol. The first kappa shape index (κ1) is 13.7. The third kappa shape index (κ3) is 3.89. The zero-order valence-electron chi connectivity index (χ0n) is 11.2. The number of rotatable bonds is 5. The highest BCUT2D eigenvalue weighted by atomic mass is 16.1. The fourth-order valence-electron chi connectivity index (χ4n) is 2.82. The van der Waals surface area contributed by atoms with Crippen LogP contribution in [0.25, 0.3) is 0 Å². The van der Waals surface area contributed by atoms with E-state index in [4.69, 9.17) is 0 Å². The lowest BCUT2D eigenvalue weighted by molar-refractivity contribution is -0.119. The van der Waals surface area contributed by atoms with Gasteiger partial charge in [-0.05, 0) is 24.5 Å². The Hall–Kier alpha value is -1.69. The van der Waals surface area contributed by atoms with Crippen molar-refractivity contribution in [3.63, 3.8) is 0 Å². The molecular weight excluding hydrogens is 236 g/mol. The van der Waals surface area contributed by atoms with Crippen LogP contribution in [0.15, 0.2) is 24.4 Å². The first-order valence-electron chi connectivity index (χ1n) is 7.14. The molecule has 1 aliphatic carbocycles. The van der Waals surface area contributed by atoms with Crippen molar-refractivity contribution in [2.24, 2.45) is 5.92 Å². The minimum atomic E-state index is -0.690. The van der Waals surface area contributed by atoms with Crippen LogP contribution in [-0.2, 0) is 4.79 Å². The number of hydrogen-bond acceptors (Lipinski definition) is 3. The van der Waals surface area contributed by atoms with Gasteiger partial charge in [0.2, 0.25) is 0 Å². The number of carbonyl (C=O) groups is 1. The van der Waals surface area contributed by atoms with Crippen molar-refractivity contribution in [3.05, 3.63) is 30.1 Å². The van der Waals surface area contributed by atoms with Crippen LogP contribution in [0, 0.1) is 17.2 Å². The molecular formula is C16H20N2O. The minimum absolute atomic E-state index is 0.0202. The maximum absolute atomic E-state index is 12.2. The maximum Gasteiger partial charge on any atom is 0.156 e. The number of carbonyl (C=O) groups excluding carboxylic acids is 1. The molecule has 19 heavy (non-hydrogen) atoms. The topological polar surface area (TPSA) is 53.8 Å². The molecule has 100 valence electrons. The molecule has 1 aromatic heterocycles. The van der Waals surface area contributed by atoms with Crippen LogP contribution in [0.3, 0.4) is 0 Å². The van der Waals surface area contributed by atoms with Gasteiger partial charge in [-0.1, -0.05) is 38.2 Å². The molecule has 1 heterocycles. The Bertz CT molecular complexity index is 444. The van der Waals surface area contributed by atoms with Crippen LogP contribution in [0.2, 0.25) is 0 Å². The molecule has 0 aliphatic heterocycles. The Labute approximate surface area is 114 Å². The Balaban J connectivity index is 1.89. The van der Waals surface area contributed by atoms with E-state index in [2.05, 4.69) is 11.1 Å². The lowest BCUT2D eigenvalue weighted by Gasteiger charge is -2.21. The first-order chi connectivity index (χ1) is 9.31. The molecule has 1 unspecified atom stereocenters. The standard InChI is InChI=1S/C16H20N2O/c17-12-14(15-8-4-5-11-18-15)16(19)10-9-13-6-2-1-3-7-13/h4-5,8,11,13-14H,1-3,6-7,9-10H2. The number of nitriles is 1. The molecule has 0 spiro atoms. The van der Waals surface area contributed by atoms with Gasteiger partial charge in [-0.15, -0.1) is 0 Å². The molecule has 0 radical (unpaired) electrons. The van der Waals surface area contributed by atoms with Gasteiger partial charge in [-0.2, -0.15) is 5.26 Å². The Kier molecular flexibility index (Phi) is 5.09. The summed E-state index contributed by atoms with van der Waals surface area (Å²) in [6, 6.07) is 7.47. The van der Waals surface area contributed by atoms with Crippen LogP contribution < -0.4 is 0 Å². The lowest BCUT2D eigenvalue weighted by Crippen LogP contribution is -2.15. The molecule has 0 amide bonds. The predicted octanol–water partition coefficient (Wildman–Crippen LogP) is 3.62. The number of hydrogen-bond donors (Lipinski definition) is 0. The molecule has 0 aromatic carbocycles. The first-order valence-corrected chi connectivity index (χ1v) is 7.14. The van der Waals surface area contributed by atoms with Crippen LogP contribution in [0.5, 0.6) is 0 Å². The van der Waals surface area contributed by atoms with Crippen LogP contribution in [-0.4, -0.2) is 10.8 Å². The summed E-state index contributed by atoms with van der Waals surface area (Å²) in [6.45, 7) is 0. The summed E-state index contributed by atoms with van der Waals surface area (Å²) in [5, 5.41) is 9.18. The van der Waals surface area contributed by atoms with Crippen LogP contribution >= 0.6 is 0 Å². The lowest BCUT2D eigenvalue weighted by atomic mass is 9.84. The van der Waals surface area contributed by atoms with Gasteiger partial charge in [0, 0.05) is 12.6 Å². The highest BCUT2D eigenvalue weighted by Crippen LogP contribution is 2.28. The number of Topliss-reactive ketones (excluding diaryl/α,β-unsaturated/α-hetero) is 1. The fourth-order valence-corrected chi connectivity index (χ4v) is 2.82. The van der Waals surface area contributed by atoms with Crippen LogP contribution in [0.4, 0.5) is 0 Å². The zero-order valence-corrected chi connectivity index (χ0v) is 11.2. The van der Waals surface area contributed by atoms with Crippen molar-refractivity contribution in [2.45, 2.75) is 50.9 Å². The van der Waals surface area contributed by atoms with Gasteiger partial charge < -0.3 is 0 Å². The number of ketones is 1. The largest absolute Gasteiger partial charge is 0.298 e. The second-order valence-electron chi connectivity index (χ2n) is 5.33. The summed E-state index contributed by atoms with van der Waals surface area (Å²) >= 11 is 0. The van der Waals surface area contributed by atoms with E-state index in [0.717, 1.165) is 6.42 Å². The summed E-state index contributed by atoms with van der Waals surface area (Å²) in [7, 11) is 0. The van der Waals surface area contributed by atoms with Crippen LogP contribution in [0.1, 0.15) is 56.6 Å². The highest BCUT2D eigenvalue weighted by Gasteiger charge is 2.22. The fraction of sp³-hybridized carbons (Fsp3) is 0.562. The van der Waals surface area contributed by atoms with E-state index >= 15 is 0 Å². The molecule has 1 atom stereocenters. The Morgan fingerprint density at radius 3 is 2.79 bits per heavy atom. The minimum Gasteiger partial charge on any atom is -0.298 e. The van der Waals surface area contributed by atoms with Crippen molar-refractivity contribution in [1.29, 1.82) is 5.26 Å². The molecule has 3 heteroatoms. The van der Waals surface area contributed by atoms with Crippen molar-refractivity contribution in [1.82, 2.24) is 4.98 Å². The summed E-state index contributed by atoms with van der Waals surface area (Å²) < 4.78 is 0. The molecule has 0 saturated heterocycles. The van der Waals surface area contributed by atoms with E-state index in [9.17, 15) is 10.1 Å². The third-order valence-corrected chi connectivity index (χ3v) is 3.96. The van der Waals surface area contributed by atoms with Crippen molar-refractivity contribution < 1.29 is 4.79 Å². The van der Waals surface area contributed by atoms with Gasteiger partial charge in [-0.25, -0.2) is 0 Å². The average molecular weight is 256 g/mol.